The Morgan fingerprint density at radius 2 is 1.80 bits per heavy atom. The molecule has 3 N–H and O–H groups in total. The number of hydrazine groups is 1. The van der Waals surface area contributed by atoms with E-state index < -0.39 is 0 Å². The maximum Gasteiger partial charge on any atom is 0.127 e. The van der Waals surface area contributed by atoms with E-state index in [0.717, 1.165) is 15.7 Å². The topological polar surface area (TPSA) is 69.4 Å². The summed E-state index contributed by atoms with van der Waals surface area (Å²) in [5.74, 6) is 7.10. The van der Waals surface area contributed by atoms with Crippen molar-refractivity contribution in [3.63, 3.8) is 0 Å². The van der Waals surface area contributed by atoms with Crippen LogP contribution in [0, 0.1) is 0 Å². The average molecular weight is 338 g/mol. The Hall–Kier alpha value is -1.63. The number of nitrogens with one attached hydrogen (secondary N) is 1. The van der Waals surface area contributed by atoms with Crippen LogP contribution >= 0.6 is 15.9 Å². The standard InChI is InChI=1S/C14H16BrN3O2/c1-19-10-6-3-7-11(20-2)12(10)14(18-16)13-9(15)5-4-8-17-13/h3-8,14,18H,16H2,1-2H3. The van der Waals surface area contributed by atoms with Crippen LogP contribution < -0.4 is 20.7 Å². The van der Waals surface area contributed by atoms with E-state index in [1.54, 1.807) is 20.4 Å². The number of benzene rings is 1. The van der Waals surface area contributed by atoms with Crippen molar-refractivity contribution in [1.82, 2.24) is 10.4 Å². The molecule has 1 heterocycles. The molecule has 0 saturated heterocycles. The fourth-order valence-electron chi connectivity index (χ4n) is 2.07. The molecule has 0 fully saturated rings. The number of ether oxygens (including phenoxy) is 2. The van der Waals surface area contributed by atoms with Crippen molar-refractivity contribution in [3.8, 4) is 11.5 Å². The molecule has 0 radical (unpaired) electrons. The Morgan fingerprint density at radius 3 is 2.30 bits per heavy atom. The number of methoxy groups -OCH3 is 2. The molecule has 1 aromatic carbocycles. The monoisotopic (exact) mass is 337 g/mol. The average Bonchev–Trinajstić information content (AvgIpc) is 2.49. The van der Waals surface area contributed by atoms with Crippen molar-refractivity contribution in [3.05, 3.63) is 52.3 Å². The minimum atomic E-state index is -0.350. The smallest absolute Gasteiger partial charge is 0.127 e. The number of hydrogen-bond acceptors (Lipinski definition) is 5. The number of pyridine rings is 1. The fraction of sp³-hybridized carbons (Fsp3) is 0.214. The van der Waals surface area contributed by atoms with Crippen LogP contribution in [-0.4, -0.2) is 19.2 Å². The van der Waals surface area contributed by atoms with Crippen LogP contribution in [0.25, 0.3) is 0 Å². The molecule has 20 heavy (non-hydrogen) atoms. The highest BCUT2D eigenvalue weighted by Gasteiger charge is 2.24. The van der Waals surface area contributed by atoms with E-state index in [9.17, 15) is 0 Å². The van der Waals surface area contributed by atoms with Gasteiger partial charge in [-0.1, -0.05) is 6.07 Å². The lowest BCUT2D eigenvalue weighted by molar-refractivity contribution is 0.376. The summed E-state index contributed by atoms with van der Waals surface area (Å²) in [6.45, 7) is 0. The van der Waals surface area contributed by atoms with Crippen molar-refractivity contribution in [2.45, 2.75) is 6.04 Å². The molecule has 0 spiro atoms. The molecule has 0 aliphatic carbocycles. The molecule has 0 aliphatic rings. The van der Waals surface area contributed by atoms with Crippen LogP contribution in [0.3, 0.4) is 0 Å². The van der Waals surface area contributed by atoms with E-state index in [0.29, 0.717) is 11.5 Å². The van der Waals surface area contributed by atoms with Crippen molar-refractivity contribution in [2.75, 3.05) is 14.2 Å². The summed E-state index contributed by atoms with van der Waals surface area (Å²) in [5, 5.41) is 0. The van der Waals surface area contributed by atoms with Crippen LogP contribution in [-0.2, 0) is 0 Å². The van der Waals surface area contributed by atoms with Crippen molar-refractivity contribution < 1.29 is 9.47 Å². The van der Waals surface area contributed by atoms with Gasteiger partial charge >= 0.3 is 0 Å². The third kappa shape index (κ3) is 2.77. The largest absolute Gasteiger partial charge is 0.496 e. The fourth-order valence-corrected chi connectivity index (χ4v) is 2.56. The summed E-state index contributed by atoms with van der Waals surface area (Å²) in [5.41, 5.74) is 4.34. The van der Waals surface area contributed by atoms with Crippen LogP contribution in [0.2, 0.25) is 0 Å². The zero-order valence-electron chi connectivity index (χ0n) is 11.3. The zero-order chi connectivity index (χ0) is 14.5. The second-order valence-corrected chi connectivity index (χ2v) is 4.90. The van der Waals surface area contributed by atoms with E-state index in [1.165, 1.54) is 0 Å². The molecule has 0 aliphatic heterocycles. The number of nitrogens with two attached hydrogens (primary N) is 1. The molecule has 0 amide bonds. The Kier molecular flexibility index (Phi) is 4.94. The summed E-state index contributed by atoms with van der Waals surface area (Å²) in [6, 6.07) is 8.99. The number of nitrogens with zero attached hydrogens (tertiary/aromatic N) is 1. The zero-order valence-corrected chi connectivity index (χ0v) is 12.8. The molecule has 1 aromatic heterocycles. The maximum absolute atomic E-state index is 5.73. The molecule has 2 aromatic rings. The SMILES string of the molecule is COc1cccc(OC)c1C(NN)c1ncccc1Br. The summed E-state index contributed by atoms with van der Waals surface area (Å²) in [7, 11) is 3.22. The Labute approximate surface area is 126 Å². The van der Waals surface area contributed by atoms with Gasteiger partial charge in [0.05, 0.1) is 31.5 Å². The van der Waals surface area contributed by atoms with Crippen molar-refractivity contribution in [1.29, 1.82) is 0 Å². The Bertz CT molecular complexity index is 570. The summed E-state index contributed by atoms with van der Waals surface area (Å²) < 4.78 is 11.7. The third-order valence-corrected chi connectivity index (χ3v) is 3.65. The van der Waals surface area contributed by atoms with Gasteiger partial charge < -0.3 is 9.47 Å². The van der Waals surface area contributed by atoms with E-state index in [2.05, 4.69) is 26.3 Å². The van der Waals surface area contributed by atoms with Gasteiger partial charge in [-0.15, -0.1) is 0 Å². The minimum Gasteiger partial charge on any atom is -0.496 e. The van der Waals surface area contributed by atoms with Gasteiger partial charge in [-0.3, -0.25) is 10.8 Å². The molecule has 5 nitrogen and oxygen atoms in total. The predicted octanol–water partition coefficient (Wildman–Crippen LogP) is 2.41. The predicted molar refractivity (Wildman–Crippen MR) is 80.6 cm³/mol. The molecular formula is C14H16BrN3O2. The van der Waals surface area contributed by atoms with Crippen LogP contribution in [0.15, 0.2) is 41.0 Å². The Balaban J connectivity index is 2.60. The normalized spacial score (nSPS) is 12.0. The molecular weight excluding hydrogens is 322 g/mol. The number of aromatic nitrogens is 1. The third-order valence-electron chi connectivity index (χ3n) is 2.98. The molecule has 1 unspecified atom stereocenters. The summed E-state index contributed by atoms with van der Waals surface area (Å²) in [6.07, 6.45) is 1.71. The first-order chi connectivity index (χ1) is 9.72. The highest BCUT2D eigenvalue weighted by molar-refractivity contribution is 9.10. The number of halogens is 1. The van der Waals surface area contributed by atoms with Gasteiger partial charge in [0.1, 0.15) is 11.5 Å². The quantitative estimate of drug-likeness (QED) is 0.647. The second-order valence-electron chi connectivity index (χ2n) is 4.05. The molecule has 2 rings (SSSR count). The lowest BCUT2D eigenvalue weighted by Gasteiger charge is -2.22. The minimum absolute atomic E-state index is 0.350. The van der Waals surface area contributed by atoms with E-state index in [-0.39, 0.29) is 6.04 Å². The second kappa shape index (κ2) is 6.69. The molecule has 1 atom stereocenters. The van der Waals surface area contributed by atoms with Gasteiger partial charge in [-0.2, -0.15) is 0 Å². The van der Waals surface area contributed by atoms with Crippen LogP contribution in [0.5, 0.6) is 11.5 Å². The highest BCUT2D eigenvalue weighted by atomic mass is 79.9. The van der Waals surface area contributed by atoms with Gasteiger partial charge in [0.25, 0.3) is 0 Å². The molecule has 0 bridgehead atoms. The lowest BCUT2D eigenvalue weighted by Crippen LogP contribution is -2.30. The van der Waals surface area contributed by atoms with Gasteiger partial charge in [-0.25, -0.2) is 5.43 Å². The van der Waals surface area contributed by atoms with E-state index in [4.69, 9.17) is 15.3 Å². The lowest BCUT2D eigenvalue weighted by atomic mass is 10.0. The first-order valence-electron chi connectivity index (χ1n) is 6.00. The number of rotatable bonds is 5. The Morgan fingerprint density at radius 1 is 1.15 bits per heavy atom. The summed E-state index contributed by atoms with van der Waals surface area (Å²) in [4.78, 5) is 4.38. The first-order valence-corrected chi connectivity index (χ1v) is 6.79. The molecule has 106 valence electrons. The van der Waals surface area contributed by atoms with E-state index >= 15 is 0 Å². The van der Waals surface area contributed by atoms with Crippen molar-refractivity contribution >= 4 is 15.9 Å². The molecule has 0 saturated carbocycles. The van der Waals surface area contributed by atoms with Crippen molar-refractivity contribution in [2.24, 2.45) is 5.84 Å². The maximum atomic E-state index is 5.73. The summed E-state index contributed by atoms with van der Waals surface area (Å²) >= 11 is 3.49. The highest BCUT2D eigenvalue weighted by Crippen LogP contribution is 2.38. The van der Waals surface area contributed by atoms with Crippen LogP contribution in [0.1, 0.15) is 17.3 Å². The van der Waals surface area contributed by atoms with Gasteiger partial charge in [0.2, 0.25) is 0 Å². The van der Waals surface area contributed by atoms with Crippen LogP contribution in [0.4, 0.5) is 0 Å². The van der Waals surface area contributed by atoms with Gasteiger partial charge in [0.15, 0.2) is 0 Å². The van der Waals surface area contributed by atoms with E-state index in [1.807, 2.05) is 30.3 Å². The first kappa shape index (κ1) is 14.8. The van der Waals surface area contributed by atoms with Gasteiger partial charge in [0, 0.05) is 10.7 Å². The number of hydrogen-bond donors (Lipinski definition) is 2. The van der Waals surface area contributed by atoms with Gasteiger partial charge in [-0.05, 0) is 40.2 Å². The molecule has 6 heteroatoms.